The van der Waals surface area contributed by atoms with Crippen LogP contribution in [0, 0.1) is 6.92 Å². The van der Waals surface area contributed by atoms with Crippen molar-refractivity contribution in [1.82, 2.24) is 10.6 Å². The molecule has 0 aliphatic rings. The highest BCUT2D eigenvalue weighted by atomic mass is 32.2. The summed E-state index contributed by atoms with van der Waals surface area (Å²) in [5.74, 6) is -1.65. The summed E-state index contributed by atoms with van der Waals surface area (Å²) in [5, 5.41) is 4.63. The summed E-state index contributed by atoms with van der Waals surface area (Å²) < 4.78 is 28.3. The molecule has 26 heavy (non-hydrogen) atoms. The first kappa shape index (κ1) is 21.6. The maximum atomic E-state index is 12.3. The maximum absolute atomic E-state index is 12.3. The fourth-order valence-electron chi connectivity index (χ4n) is 1.91. The van der Waals surface area contributed by atoms with E-state index in [2.05, 4.69) is 10.6 Å². The number of nitrogens with one attached hydrogen (secondary N) is 2. The van der Waals surface area contributed by atoms with E-state index in [0.717, 1.165) is 6.26 Å². The molecular weight excluding hydrogens is 360 g/mol. The predicted octanol–water partition coefficient (Wildman–Crippen LogP) is 1.57. The third-order valence-electron chi connectivity index (χ3n) is 3.24. The molecular formula is C17H24N2O6S. The van der Waals surface area contributed by atoms with Crippen LogP contribution in [0.3, 0.4) is 0 Å². The molecule has 1 aromatic carbocycles. The SMILES string of the molecule is Cc1ccc(S(C)(=O)=O)cc1C(=O)O[C@@H](C)C(=O)NC(=O)NC(C)(C)C. The third kappa shape index (κ3) is 6.47. The number of rotatable bonds is 4. The highest BCUT2D eigenvalue weighted by molar-refractivity contribution is 7.90. The number of urea groups is 1. The predicted molar refractivity (Wildman–Crippen MR) is 95.6 cm³/mol. The zero-order valence-electron chi connectivity index (χ0n) is 15.7. The second kappa shape index (κ2) is 7.86. The molecule has 0 aliphatic heterocycles. The van der Waals surface area contributed by atoms with Crippen molar-refractivity contribution in [3.05, 3.63) is 29.3 Å². The van der Waals surface area contributed by atoms with E-state index in [1.54, 1.807) is 27.7 Å². The maximum Gasteiger partial charge on any atom is 0.339 e. The number of sulfone groups is 1. The fourth-order valence-corrected chi connectivity index (χ4v) is 2.56. The molecule has 1 atom stereocenters. The van der Waals surface area contributed by atoms with E-state index in [4.69, 9.17) is 4.74 Å². The number of amides is 3. The van der Waals surface area contributed by atoms with Gasteiger partial charge in [-0.25, -0.2) is 18.0 Å². The topological polar surface area (TPSA) is 119 Å². The number of hydrogen-bond acceptors (Lipinski definition) is 6. The monoisotopic (exact) mass is 384 g/mol. The molecule has 0 saturated carbocycles. The largest absolute Gasteiger partial charge is 0.449 e. The molecule has 9 heteroatoms. The van der Waals surface area contributed by atoms with Crippen LogP contribution in [-0.4, -0.2) is 44.2 Å². The lowest BCUT2D eigenvalue weighted by Crippen LogP contribution is -2.50. The molecule has 8 nitrogen and oxygen atoms in total. The van der Waals surface area contributed by atoms with Crippen LogP contribution < -0.4 is 10.6 Å². The number of carbonyl (C=O) groups is 3. The van der Waals surface area contributed by atoms with Crippen molar-refractivity contribution in [2.45, 2.75) is 51.2 Å². The highest BCUT2D eigenvalue weighted by Gasteiger charge is 2.24. The molecule has 1 aromatic rings. The van der Waals surface area contributed by atoms with Gasteiger partial charge in [-0.05, 0) is 52.3 Å². The summed E-state index contributed by atoms with van der Waals surface area (Å²) in [6.07, 6.45) is -0.217. The van der Waals surface area contributed by atoms with Gasteiger partial charge >= 0.3 is 12.0 Å². The van der Waals surface area contributed by atoms with Crippen LogP contribution in [0.1, 0.15) is 43.6 Å². The average Bonchev–Trinajstić information content (AvgIpc) is 2.43. The van der Waals surface area contributed by atoms with E-state index in [0.29, 0.717) is 5.56 Å². The minimum Gasteiger partial charge on any atom is -0.449 e. The van der Waals surface area contributed by atoms with Crippen molar-refractivity contribution in [3.63, 3.8) is 0 Å². The molecule has 1 rings (SSSR count). The van der Waals surface area contributed by atoms with E-state index >= 15 is 0 Å². The lowest BCUT2D eigenvalue weighted by atomic mass is 10.1. The molecule has 0 bridgehead atoms. The molecule has 0 saturated heterocycles. The Morgan fingerprint density at radius 3 is 2.23 bits per heavy atom. The van der Waals surface area contributed by atoms with E-state index in [1.165, 1.54) is 25.1 Å². The van der Waals surface area contributed by atoms with E-state index < -0.39 is 39.4 Å². The molecule has 0 heterocycles. The lowest BCUT2D eigenvalue weighted by Gasteiger charge is -2.21. The van der Waals surface area contributed by atoms with Crippen molar-refractivity contribution >= 4 is 27.7 Å². The zero-order valence-corrected chi connectivity index (χ0v) is 16.5. The van der Waals surface area contributed by atoms with Gasteiger partial charge in [0.15, 0.2) is 15.9 Å². The summed E-state index contributed by atoms with van der Waals surface area (Å²) in [6, 6.07) is 3.35. The summed E-state index contributed by atoms with van der Waals surface area (Å²) in [4.78, 5) is 35.9. The molecule has 144 valence electrons. The van der Waals surface area contributed by atoms with Gasteiger partial charge in [-0.15, -0.1) is 0 Å². The van der Waals surface area contributed by atoms with E-state index in [9.17, 15) is 22.8 Å². The van der Waals surface area contributed by atoms with Gasteiger partial charge in [0.05, 0.1) is 10.5 Å². The Hall–Kier alpha value is -2.42. The quantitative estimate of drug-likeness (QED) is 0.761. The first-order valence-electron chi connectivity index (χ1n) is 7.85. The number of benzene rings is 1. The van der Waals surface area contributed by atoms with Crippen molar-refractivity contribution in [2.75, 3.05) is 6.26 Å². The Morgan fingerprint density at radius 1 is 1.15 bits per heavy atom. The van der Waals surface area contributed by atoms with E-state index in [-0.39, 0.29) is 10.5 Å². The smallest absolute Gasteiger partial charge is 0.339 e. The molecule has 0 aromatic heterocycles. The van der Waals surface area contributed by atoms with Crippen molar-refractivity contribution in [3.8, 4) is 0 Å². The Labute approximate surface area is 153 Å². The van der Waals surface area contributed by atoms with Crippen LogP contribution in [0.2, 0.25) is 0 Å². The number of hydrogen-bond donors (Lipinski definition) is 2. The third-order valence-corrected chi connectivity index (χ3v) is 4.35. The fraction of sp³-hybridized carbons (Fsp3) is 0.471. The number of carbonyl (C=O) groups excluding carboxylic acids is 3. The molecule has 0 fully saturated rings. The average molecular weight is 384 g/mol. The van der Waals surface area contributed by atoms with Gasteiger partial charge in [-0.3, -0.25) is 10.1 Å². The van der Waals surface area contributed by atoms with Crippen LogP contribution in [0.4, 0.5) is 4.79 Å². The zero-order chi connectivity index (χ0) is 20.3. The van der Waals surface area contributed by atoms with Crippen LogP contribution in [-0.2, 0) is 19.4 Å². The van der Waals surface area contributed by atoms with Crippen LogP contribution in [0.15, 0.2) is 23.1 Å². The molecule has 0 unspecified atom stereocenters. The summed E-state index contributed by atoms with van der Waals surface area (Å²) in [6.45, 7) is 8.17. The van der Waals surface area contributed by atoms with Gasteiger partial charge in [-0.1, -0.05) is 6.07 Å². The molecule has 3 amide bonds. The number of imide groups is 1. The van der Waals surface area contributed by atoms with Crippen molar-refractivity contribution in [2.24, 2.45) is 0 Å². The molecule has 2 N–H and O–H groups in total. The van der Waals surface area contributed by atoms with Crippen LogP contribution in [0.5, 0.6) is 0 Å². The summed E-state index contributed by atoms with van der Waals surface area (Å²) >= 11 is 0. The Morgan fingerprint density at radius 2 is 1.73 bits per heavy atom. The van der Waals surface area contributed by atoms with Gasteiger partial charge in [0, 0.05) is 11.8 Å². The standard InChI is InChI=1S/C17H24N2O6S/c1-10-7-8-12(26(6,23)24)9-13(10)15(21)25-11(2)14(20)18-16(22)19-17(3,4)5/h7-9,11H,1-6H3,(H2,18,19,20,22)/t11-/m0/s1. The Bertz CT molecular complexity index is 824. The van der Waals surface area contributed by atoms with Gasteiger partial charge in [0.2, 0.25) is 0 Å². The number of aryl methyl sites for hydroxylation is 1. The van der Waals surface area contributed by atoms with E-state index in [1.807, 2.05) is 0 Å². The van der Waals surface area contributed by atoms with Crippen LogP contribution in [0.25, 0.3) is 0 Å². The first-order valence-corrected chi connectivity index (χ1v) is 9.74. The molecule has 0 radical (unpaired) electrons. The summed E-state index contributed by atoms with van der Waals surface area (Å²) in [7, 11) is -3.49. The minimum atomic E-state index is -3.49. The minimum absolute atomic E-state index is 0.0308. The van der Waals surface area contributed by atoms with Gasteiger partial charge in [0.1, 0.15) is 0 Å². The number of ether oxygens (including phenoxy) is 1. The van der Waals surface area contributed by atoms with Gasteiger partial charge < -0.3 is 10.1 Å². The summed E-state index contributed by atoms with van der Waals surface area (Å²) in [5.41, 5.74) is 0.000194. The van der Waals surface area contributed by atoms with Gasteiger partial charge in [0.25, 0.3) is 5.91 Å². The van der Waals surface area contributed by atoms with Gasteiger partial charge in [-0.2, -0.15) is 0 Å². The Balaban J connectivity index is 2.84. The molecule has 0 aliphatic carbocycles. The lowest BCUT2D eigenvalue weighted by molar-refractivity contribution is -0.127. The Kier molecular flexibility index (Phi) is 6.54. The highest BCUT2D eigenvalue weighted by Crippen LogP contribution is 2.17. The van der Waals surface area contributed by atoms with Crippen molar-refractivity contribution < 1.29 is 27.5 Å². The molecule has 0 spiro atoms. The number of esters is 1. The van der Waals surface area contributed by atoms with Crippen LogP contribution >= 0.6 is 0 Å². The second-order valence-electron chi connectivity index (χ2n) is 6.99. The normalized spacial score (nSPS) is 12.8. The first-order chi connectivity index (χ1) is 11.7. The second-order valence-corrected chi connectivity index (χ2v) is 9.01. The van der Waals surface area contributed by atoms with Crippen molar-refractivity contribution in [1.29, 1.82) is 0 Å².